The maximum Gasteiger partial charge on any atom is 0.220 e. The maximum absolute atomic E-state index is 12.4. The van der Waals surface area contributed by atoms with Gasteiger partial charge in [0.1, 0.15) is 0 Å². The second-order valence-corrected chi connectivity index (χ2v) is 7.79. The molecule has 1 aromatic rings. The van der Waals surface area contributed by atoms with Gasteiger partial charge in [0, 0.05) is 36.6 Å². The molecule has 0 saturated carbocycles. The van der Waals surface area contributed by atoms with Crippen molar-refractivity contribution in [3.05, 3.63) is 34.9 Å². The lowest BCUT2D eigenvalue weighted by Crippen LogP contribution is -2.44. The van der Waals surface area contributed by atoms with Gasteiger partial charge in [0.15, 0.2) is 0 Å². The fraction of sp³-hybridized carbons (Fsp3) is 0.650. The molecule has 2 saturated heterocycles. The van der Waals surface area contributed by atoms with Crippen molar-refractivity contribution < 1.29 is 9.53 Å². The van der Waals surface area contributed by atoms with Gasteiger partial charge in [-0.2, -0.15) is 0 Å². The lowest BCUT2D eigenvalue weighted by Gasteiger charge is -2.38. The second-order valence-electron chi connectivity index (χ2n) is 7.38. The van der Waals surface area contributed by atoms with E-state index in [1.165, 1.54) is 12.8 Å². The van der Waals surface area contributed by atoms with E-state index < -0.39 is 0 Å². The molecule has 0 aliphatic carbocycles. The average molecular weight is 365 g/mol. The molecule has 0 spiro atoms. The molecule has 0 radical (unpaired) electrons. The number of nitrogens with one attached hydrogen (secondary N) is 2. The Balaban J connectivity index is 1.57. The Hall–Kier alpha value is -1.10. The molecular formula is C20H29ClN2O2. The summed E-state index contributed by atoms with van der Waals surface area (Å²) in [6, 6.07) is 8.01. The maximum atomic E-state index is 12.4. The van der Waals surface area contributed by atoms with Crippen molar-refractivity contribution in [2.45, 2.75) is 43.9 Å². The Morgan fingerprint density at radius 3 is 2.68 bits per heavy atom. The highest BCUT2D eigenvalue weighted by Gasteiger charge is 2.36. The zero-order valence-corrected chi connectivity index (χ0v) is 15.6. The first-order valence-corrected chi connectivity index (χ1v) is 9.88. The summed E-state index contributed by atoms with van der Waals surface area (Å²) in [5.41, 5.74) is 1.03. The van der Waals surface area contributed by atoms with Crippen molar-refractivity contribution in [2.24, 2.45) is 5.92 Å². The minimum Gasteiger partial charge on any atom is -0.381 e. The summed E-state index contributed by atoms with van der Waals surface area (Å²) < 4.78 is 5.56. The van der Waals surface area contributed by atoms with Gasteiger partial charge < -0.3 is 15.4 Å². The smallest absolute Gasteiger partial charge is 0.220 e. The summed E-state index contributed by atoms with van der Waals surface area (Å²) in [5.74, 6) is 0.851. The molecule has 0 aromatic heterocycles. The van der Waals surface area contributed by atoms with Gasteiger partial charge in [-0.3, -0.25) is 4.79 Å². The number of halogens is 1. The minimum atomic E-state index is -0.110. The van der Waals surface area contributed by atoms with Gasteiger partial charge in [0.25, 0.3) is 0 Å². The Kier molecular flexibility index (Phi) is 6.74. The monoisotopic (exact) mass is 364 g/mol. The standard InChI is InChI=1S/C20H29ClN2O2/c21-18-4-2-1-3-17(18)20(9-13-25-14-10-20)15-23-19(24)6-5-16-7-11-22-12-8-16/h1-4,16,22H,5-15H2,(H,23,24). The van der Waals surface area contributed by atoms with Crippen LogP contribution < -0.4 is 10.6 Å². The van der Waals surface area contributed by atoms with Crippen LogP contribution in [0.25, 0.3) is 0 Å². The zero-order valence-electron chi connectivity index (χ0n) is 14.9. The van der Waals surface area contributed by atoms with E-state index in [2.05, 4.69) is 16.7 Å². The quantitative estimate of drug-likeness (QED) is 0.814. The van der Waals surface area contributed by atoms with Crippen LogP contribution in [0.4, 0.5) is 0 Å². The SMILES string of the molecule is O=C(CCC1CCNCC1)NCC1(c2ccccc2Cl)CCOCC1. The van der Waals surface area contributed by atoms with Crippen LogP contribution in [0.3, 0.4) is 0 Å². The van der Waals surface area contributed by atoms with Gasteiger partial charge in [0.2, 0.25) is 5.91 Å². The molecule has 2 aliphatic heterocycles. The van der Waals surface area contributed by atoms with Crippen LogP contribution in [0.5, 0.6) is 0 Å². The molecule has 1 aromatic carbocycles. The predicted molar refractivity (Wildman–Crippen MR) is 101 cm³/mol. The molecule has 25 heavy (non-hydrogen) atoms. The number of hydrogen-bond acceptors (Lipinski definition) is 3. The summed E-state index contributed by atoms with van der Waals surface area (Å²) in [7, 11) is 0. The molecule has 2 aliphatic rings. The Bertz CT molecular complexity index is 567. The van der Waals surface area contributed by atoms with E-state index in [9.17, 15) is 4.79 Å². The summed E-state index contributed by atoms with van der Waals surface area (Å²) in [6.45, 7) is 4.25. The molecule has 0 atom stereocenters. The highest BCUT2D eigenvalue weighted by atomic mass is 35.5. The lowest BCUT2D eigenvalue weighted by molar-refractivity contribution is -0.122. The zero-order chi connectivity index (χ0) is 17.5. The highest BCUT2D eigenvalue weighted by molar-refractivity contribution is 6.31. The van der Waals surface area contributed by atoms with Gasteiger partial charge in [-0.15, -0.1) is 0 Å². The number of benzene rings is 1. The molecule has 0 unspecified atom stereocenters. The molecule has 1 amide bonds. The van der Waals surface area contributed by atoms with Crippen molar-refractivity contribution in [3.63, 3.8) is 0 Å². The van der Waals surface area contributed by atoms with Crippen molar-refractivity contribution >= 4 is 17.5 Å². The molecule has 2 fully saturated rings. The summed E-state index contributed by atoms with van der Waals surface area (Å²) in [6.07, 6.45) is 5.79. The molecule has 2 heterocycles. The topological polar surface area (TPSA) is 50.4 Å². The second kappa shape index (κ2) is 9.02. The molecule has 138 valence electrons. The molecule has 3 rings (SSSR count). The number of amides is 1. The van der Waals surface area contributed by atoms with Crippen LogP contribution in [-0.2, 0) is 14.9 Å². The van der Waals surface area contributed by atoms with Gasteiger partial charge in [-0.25, -0.2) is 0 Å². The van der Waals surface area contributed by atoms with E-state index in [1.54, 1.807) is 0 Å². The molecular weight excluding hydrogens is 336 g/mol. The van der Waals surface area contributed by atoms with Crippen molar-refractivity contribution in [2.75, 3.05) is 32.8 Å². The van der Waals surface area contributed by atoms with Gasteiger partial charge in [-0.05, 0) is 62.7 Å². The van der Waals surface area contributed by atoms with Crippen molar-refractivity contribution in [1.82, 2.24) is 10.6 Å². The van der Waals surface area contributed by atoms with E-state index >= 15 is 0 Å². The van der Waals surface area contributed by atoms with E-state index in [4.69, 9.17) is 16.3 Å². The lowest BCUT2D eigenvalue weighted by atomic mass is 9.74. The molecule has 4 nitrogen and oxygen atoms in total. The summed E-state index contributed by atoms with van der Waals surface area (Å²) >= 11 is 6.47. The van der Waals surface area contributed by atoms with Crippen molar-refractivity contribution in [1.29, 1.82) is 0 Å². The van der Waals surface area contributed by atoms with Crippen LogP contribution in [0.15, 0.2) is 24.3 Å². The first kappa shape index (κ1) is 18.7. The Labute approximate surface area is 155 Å². The number of hydrogen-bond donors (Lipinski definition) is 2. The number of piperidine rings is 1. The third-order valence-electron chi connectivity index (χ3n) is 5.76. The Morgan fingerprint density at radius 2 is 1.96 bits per heavy atom. The average Bonchev–Trinajstić information content (AvgIpc) is 2.67. The minimum absolute atomic E-state index is 0.110. The van der Waals surface area contributed by atoms with Crippen LogP contribution in [0.2, 0.25) is 5.02 Å². The summed E-state index contributed by atoms with van der Waals surface area (Å²) in [4.78, 5) is 12.4. The van der Waals surface area contributed by atoms with E-state index in [-0.39, 0.29) is 11.3 Å². The third-order valence-corrected chi connectivity index (χ3v) is 6.09. The number of carbonyl (C=O) groups is 1. The van der Waals surface area contributed by atoms with E-state index in [1.807, 2.05) is 18.2 Å². The van der Waals surface area contributed by atoms with Gasteiger partial charge in [-0.1, -0.05) is 29.8 Å². The normalized spacial score (nSPS) is 21.0. The van der Waals surface area contributed by atoms with E-state index in [0.29, 0.717) is 18.9 Å². The Morgan fingerprint density at radius 1 is 1.24 bits per heavy atom. The first-order chi connectivity index (χ1) is 12.2. The molecule has 5 heteroatoms. The van der Waals surface area contributed by atoms with Crippen molar-refractivity contribution in [3.8, 4) is 0 Å². The number of rotatable bonds is 6. The summed E-state index contributed by atoms with van der Waals surface area (Å²) in [5, 5.41) is 7.35. The fourth-order valence-corrected chi connectivity index (χ4v) is 4.39. The number of ether oxygens (including phenoxy) is 1. The van der Waals surface area contributed by atoms with Crippen LogP contribution in [0, 0.1) is 5.92 Å². The fourth-order valence-electron chi connectivity index (χ4n) is 4.06. The van der Waals surface area contributed by atoms with E-state index in [0.717, 1.165) is 56.2 Å². The molecule has 0 bridgehead atoms. The van der Waals surface area contributed by atoms with Crippen LogP contribution in [0.1, 0.15) is 44.1 Å². The van der Waals surface area contributed by atoms with Crippen LogP contribution >= 0.6 is 11.6 Å². The first-order valence-electron chi connectivity index (χ1n) is 9.50. The van der Waals surface area contributed by atoms with Crippen LogP contribution in [-0.4, -0.2) is 38.8 Å². The predicted octanol–water partition coefficient (Wildman–Crippen LogP) is 3.28. The van der Waals surface area contributed by atoms with Gasteiger partial charge in [0.05, 0.1) is 0 Å². The molecule has 2 N–H and O–H groups in total. The third kappa shape index (κ3) is 4.96. The largest absolute Gasteiger partial charge is 0.381 e. The van der Waals surface area contributed by atoms with Gasteiger partial charge >= 0.3 is 0 Å². The highest BCUT2D eigenvalue weighted by Crippen LogP contribution is 2.38. The number of carbonyl (C=O) groups excluding carboxylic acids is 1.